The van der Waals surface area contributed by atoms with Gasteiger partial charge < -0.3 is 14.3 Å². The molecule has 1 aromatic rings. The lowest BCUT2D eigenvalue weighted by Crippen LogP contribution is -2.21. The molecule has 1 unspecified atom stereocenters. The van der Waals surface area contributed by atoms with Crippen molar-refractivity contribution in [3.05, 3.63) is 29.8 Å². The third-order valence-electron chi connectivity index (χ3n) is 2.87. The van der Waals surface area contributed by atoms with Gasteiger partial charge in [-0.1, -0.05) is 25.5 Å². The summed E-state index contributed by atoms with van der Waals surface area (Å²) in [5, 5.41) is 0. The van der Waals surface area contributed by atoms with Crippen molar-refractivity contribution in [3.8, 4) is 5.75 Å². The van der Waals surface area contributed by atoms with Crippen molar-refractivity contribution in [2.75, 3.05) is 13.2 Å². The molecule has 4 heteroatoms. The Morgan fingerprint density at radius 1 is 1.35 bits per heavy atom. The number of hydrogen-bond acceptors (Lipinski definition) is 4. The summed E-state index contributed by atoms with van der Waals surface area (Å²) in [4.78, 5) is 22.6. The molecule has 0 N–H and O–H groups in total. The minimum atomic E-state index is -0.749. The number of rotatable bonds is 9. The van der Waals surface area contributed by atoms with E-state index in [0.29, 0.717) is 19.3 Å². The predicted octanol–water partition coefficient (Wildman–Crippen LogP) is 2.79. The number of unbranched alkanes of at least 4 members (excludes halogenated alkanes) is 1. The van der Waals surface area contributed by atoms with Crippen molar-refractivity contribution in [3.63, 3.8) is 0 Å². The Morgan fingerprint density at radius 3 is 2.80 bits per heavy atom. The third-order valence-corrected chi connectivity index (χ3v) is 2.87. The molecule has 0 aliphatic heterocycles. The average molecular weight is 278 g/mol. The molecule has 20 heavy (non-hydrogen) atoms. The zero-order chi connectivity index (χ0) is 14.8. The highest BCUT2D eigenvalue weighted by atomic mass is 16.5. The van der Waals surface area contributed by atoms with E-state index in [1.165, 1.54) is 0 Å². The fraction of sp³-hybridized carbons (Fsp3) is 0.500. The first kappa shape index (κ1) is 16.2. The summed E-state index contributed by atoms with van der Waals surface area (Å²) in [5.41, 5.74) is 0.893. The van der Waals surface area contributed by atoms with Crippen LogP contribution in [-0.4, -0.2) is 25.5 Å². The molecular formula is C16H22O4. The Labute approximate surface area is 120 Å². The minimum Gasteiger partial charge on any atom is -0.494 e. The zero-order valence-corrected chi connectivity index (χ0v) is 12.1. The lowest BCUT2D eigenvalue weighted by atomic mass is 10.0. The Kier molecular flexibility index (Phi) is 7.40. The first-order valence-corrected chi connectivity index (χ1v) is 7.04. The van der Waals surface area contributed by atoms with Crippen LogP contribution in [0.2, 0.25) is 0 Å². The Balaban J connectivity index is 2.63. The van der Waals surface area contributed by atoms with E-state index < -0.39 is 11.9 Å². The lowest BCUT2D eigenvalue weighted by molar-refractivity contribution is -0.149. The van der Waals surface area contributed by atoms with E-state index in [9.17, 15) is 9.59 Å². The molecule has 1 rings (SSSR count). The van der Waals surface area contributed by atoms with Gasteiger partial charge in [0.1, 0.15) is 18.0 Å². The van der Waals surface area contributed by atoms with Crippen LogP contribution in [0.5, 0.6) is 5.75 Å². The van der Waals surface area contributed by atoms with Crippen LogP contribution in [0.1, 0.15) is 32.3 Å². The zero-order valence-electron chi connectivity index (χ0n) is 12.1. The molecule has 110 valence electrons. The fourth-order valence-corrected chi connectivity index (χ4v) is 1.79. The van der Waals surface area contributed by atoms with E-state index in [2.05, 4.69) is 6.92 Å². The van der Waals surface area contributed by atoms with E-state index in [1.807, 2.05) is 24.3 Å². The quantitative estimate of drug-likeness (QED) is 0.302. The molecule has 0 saturated heterocycles. The number of hydrogen-bond donors (Lipinski definition) is 0. The van der Waals surface area contributed by atoms with Gasteiger partial charge in [-0.3, -0.25) is 4.79 Å². The maximum absolute atomic E-state index is 11.6. The van der Waals surface area contributed by atoms with Crippen LogP contribution in [0, 0.1) is 5.92 Å². The summed E-state index contributed by atoms with van der Waals surface area (Å²) in [6.45, 7) is 4.79. The minimum absolute atomic E-state index is 0.281. The van der Waals surface area contributed by atoms with Gasteiger partial charge in [-0.25, -0.2) is 0 Å². The van der Waals surface area contributed by atoms with E-state index in [-0.39, 0.29) is 6.61 Å². The highest BCUT2D eigenvalue weighted by molar-refractivity contribution is 5.88. The fourth-order valence-electron chi connectivity index (χ4n) is 1.79. The first-order chi connectivity index (χ1) is 9.71. The Morgan fingerprint density at radius 2 is 2.15 bits per heavy atom. The summed E-state index contributed by atoms with van der Waals surface area (Å²) in [6, 6.07) is 7.48. The van der Waals surface area contributed by atoms with Crippen LogP contribution >= 0.6 is 0 Å². The SMILES string of the molecule is CCCCOc1cccc(CC(C=O)C(=O)OCC)c1. The molecule has 0 amide bonds. The standard InChI is InChI=1S/C16H22O4/c1-3-5-9-20-15-8-6-7-13(11-15)10-14(12-17)16(18)19-4-2/h6-8,11-12,14H,3-5,9-10H2,1-2H3. The van der Waals surface area contributed by atoms with E-state index in [1.54, 1.807) is 6.92 Å². The van der Waals surface area contributed by atoms with Gasteiger partial charge in [0, 0.05) is 0 Å². The molecule has 0 heterocycles. The van der Waals surface area contributed by atoms with Crippen molar-refractivity contribution in [2.24, 2.45) is 5.92 Å². The number of esters is 1. The van der Waals surface area contributed by atoms with E-state index in [0.717, 1.165) is 24.2 Å². The molecule has 0 spiro atoms. The third kappa shape index (κ3) is 5.43. The second-order valence-corrected chi connectivity index (χ2v) is 4.55. The van der Waals surface area contributed by atoms with E-state index >= 15 is 0 Å². The molecule has 0 bridgehead atoms. The van der Waals surface area contributed by atoms with Gasteiger partial charge in [-0.05, 0) is 37.5 Å². The maximum atomic E-state index is 11.6. The summed E-state index contributed by atoms with van der Waals surface area (Å²) in [5.74, 6) is -0.454. The van der Waals surface area contributed by atoms with Crippen LogP contribution in [0.25, 0.3) is 0 Å². The number of carbonyl (C=O) groups is 2. The monoisotopic (exact) mass is 278 g/mol. The summed E-state index contributed by atoms with van der Waals surface area (Å²) in [7, 11) is 0. The Hall–Kier alpha value is -1.84. The lowest BCUT2D eigenvalue weighted by Gasteiger charge is -2.11. The van der Waals surface area contributed by atoms with Crippen molar-refractivity contribution < 1.29 is 19.1 Å². The largest absolute Gasteiger partial charge is 0.494 e. The van der Waals surface area contributed by atoms with Crippen LogP contribution in [0.3, 0.4) is 0 Å². The van der Waals surface area contributed by atoms with Crippen LogP contribution in [0.15, 0.2) is 24.3 Å². The summed E-state index contributed by atoms with van der Waals surface area (Å²) in [6.07, 6.45) is 3.07. The van der Waals surface area contributed by atoms with Crippen molar-refractivity contribution in [2.45, 2.75) is 33.1 Å². The second kappa shape index (κ2) is 9.13. The Bertz CT molecular complexity index is 428. The second-order valence-electron chi connectivity index (χ2n) is 4.55. The van der Waals surface area contributed by atoms with Crippen molar-refractivity contribution in [1.29, 1.82) is 0 Å². The first-order valence-electron chi connectivity index (χ1n) is 7.04. The van der Waals surface area contributed by atoms with Crippen LogP contribution in [0.4, 0.5) is 0 Å². The van der Waals surface area contributed by atoms with Gasteiger partial charge in [0.05, 0.1) is 13.2 Å². The molecule has 0 fully saturated rings. The van der Waals surface area contributed by atoms with Gasteiger partial charge in [-0.2, -0.15) is 0 Å². The summed E-state index contributed by atoms with van der Waals surface area (Å²) >= 11 is 0. The summed E-state index contributed by atoms with van der Waals surface area (Å²) < 4.78 is 10.5. The molecule has 1 atom stereocenters. The molecular weight excluding hydrogens is 256 g/mol. The molecule has 0 radical (unpaired) electrons. The number of aldehydes is 1. The predicted molar refractivity (Wildman–Crippen MR) is 76.7 cm³/mol. The number of ether oxygens (including phenoxy) is 2. The van der Waals surface area contributed by atoms with Crippen molar-refractivity contribution in [1.82, 2.24) is 0 Å². The van der Waals surface area contributed by atoms with Crippen LogP contribution in [-0.2, 0) is 20.7 Å². The molecule has 4 nitrogen and oxygen atoms in total. The number of carbonyl (C=O) groups excluding carboxylic acids is 2. The average Bonchev–Trinajstić information content (AvgIpc) is 2.46. The van der Waals surface area contributed by atoms with E-state index in [4.69, 9.17) is 9.47 Å². The smallest absolute Gasteiger partial charge is 0.316 e. The van der Waals surface area contributed by atoms with Gasteiger partial charge in [0.2, 0.25) is 0 Å². The molecule has 0 saturated carbocycles. The maximum Gasteiger partial charge on any atom is 0.316 e. The number of benzene rings is 1. The van der Waals surface area contributed by atoms with Crippen molar-refractivity contribution >= 4 is 12.3 Å². The molecule has 0 aliphatic rings. The molecule has 0 aromatic heterocycles. The molecule has 1 aromatic carbocycles. The highest BCUT2D eigenvalue weighted by Crippen LogP contribution is 2.17. The highest BCUT2D eigenvalue weighted by Gasteiger charge is 2.19. The van der Waals surface area contributed by atoms with Crippen LogP contribution < -0.4 is 4.74 Å². The van der Waals surface area contributed by atoms with Gasteiger partial charge in [0.25, 0.3) is 0 Å². The van der Waals surface area contributed by atoms with Gasteiger partial charge >= 0.3 is 5.97 Å². The van der Waals surface area contributed by atoms with Gasteiger partial charge in [-0.15, -0.1) is 0 Å². The van der Waals surface area contributed by atoms with Gasteiger partial charge in [0.15, 0.2) is 0 Å². The normalized spacial score (nSPS) is 11.7. The topological polar surface area (TPSA) is 52.6 Å². The molecule has 0 aliphatic carbocycles.